The third-order valence-electron chi connectivity index (χ3n) is 2.48. The van der Waals surface area contributed by atoms with Crippen molar-refractivity contribution in [2.75, 3.05) is 0 Å². The molecular formula is C12H9NO5. The van der Waals surface area contributed by atoms with E-state index in [4.69, 9.17) is 15.3 Å². The Kier molecular flexibility index (Phi) is 2.63. The lowest BCUT2D eigenvalue weighted by atomic mass is 10.1. The summed E-state index contributed by atoms with van der Waals surface area (Å²) in [6.07, 6.45) is 0. The van der Waals surface area contributed by atoms with Gasteiger partial charge in [-0.3, -0.25) is 9.59 Å². The molecule has 0 atom stereocenters. The van der Waals surface area contributed by atoms with Gasteiger partial charge in [0.05, 0.1) is 5.39 Å². The summed E-state index contributed by atoms with van der Waals surface area (Å²) in [5.74, 6) is -3.27. The highest BCUT2D eigenvalue weighted by Crippen LogP contribution is 2.17. The number of carbonyl (C=O) groups excluding carboxylic acids is 1. The minimum Gasteiger partial charge on any atom is -0.477 e. The SMILES string of the molecule is Cc1ccc2oc(C(N)=O)c(C(=O)O)c(=O)c2c1. The van der Waals surface area contributed by atoms with Crippen LogP contribution in [0.5, 0.6) is 0 Å². The third-order valence-corrected chi connectivity index (χ3v) is 2.48. The number of hydrogen-bond acceptors (Lipinski definition) is 4. The summed E-state index contributed by atoms with van der Waals surface area (Å²) in [6.45, 7) is 1.75. The zero-order valence-corrected chi connectivity index (χ0v) is 9.39. The van der Waals surface area contributed by atoms with Crippen molar-refractivity contribution in [3.63, 3.8) is 0 Å². The molecule has 2 rings (SSSR count). The third kappa shape index (κ3) is 1.73. The van der Waals surface area contributed by atoms with Crippen molar-refractivity contribution in [3.05, 3.63) is 45.3 Å². The maximum Gasteiger partial charge on any atom is 0.343 e. The molecule has 1 aromatic heterocycles. The zero-order chi connectivity index (χ0) is 13.4. The van der Waals surface area contributed by atoms with Crippen LogP contribution in [0.25, 0.3) is 11.0 Å². The minimum atomic E-state index is -1.54. The van der Waals surface area contributed by atoms with Gasteiger partial charge in [0.2, 0.25) is 11.2 Å². The van der Waals surface area contributed by atoms with Crippen molar-refractivity contribution in [1.29, 1.82) is 0 Å². The predicted molar refractivity (Wildman–Crippen MR) is 62.7 cm³/mol. The number of hydrogen-bond donors (Lipinski definition) is 2. The number of aromatic carboxylic acids is 1. The van der Waals surface area contributed by atoms with Crippen LogP contribution >= 0.6 is 0 Å². The summed E-state index contributed by atoms with van der Waals surface area (Å²) < 4.78 is 5.10. The molecule has 1 aromatic carbocycles. The van der Waals surface area contributed by atoms with Gasteiger partial charge in [-0.05, 0) is 19.1 Å². The fourth-order valence-corrected chi connectivity index (χ4v) is 1.68. The van der Waals surface area contributed by atoms with Gasteiger partial charge in [-0.25, -0.2) is 4.79 Å². The zero-order valence-electron chi connectivity index (χ0n) is 9.39. The Balaban J connectivity index is 3.00. The maximum absolute atomic E-state index is 12.0. The van der Waals surface area contributed by atoms with Gasteiger partial charge in [-0.15, -0.1) is 0 Å². The Morgan fingerprint density at radius 3 is 2.56 bits per heavy atom. The standard InChI is InChI=1S/C12H9NO5/c1-5-2-3-7-6(4-5)9(14)8(12(16)17)10(18-7)11(13)15/h2-4H,1H3,(H2,13,15)(H,16,17). The molecule has 92 valence electrons. The van der Waals surface area contributed by atoms with Crippen LogP contribution in [0.4, 0.5) is 0 Å². The largest absolute Gasteiger partial charge is 0.477 e. The number of benzene rings is 1. The van der Waals surface area contributed by atoms with E-state index in [2.05, 4.69) is 0 Å². The van der Waals surface area contributed by atoms with Gasteiger partial charge < -0.3 is 15.3 Å². The smallest absolute Gasteiger partial charge is 0.343 e. The van der Waals surface area contributed by atoms with Crippen molar-refractivity contribution in [3.8, 4) is 0 Å². The fraction of sp³-hybridized carbons (Fsp3) is 0.0833. The summed E-state index contributed by atoms with van der Waals surface area (Å²) >= 11 is 0. The molecule has 0 saturated carbocycles. The molecule has 0 aliphatic carbocycles. The number of carboxylic acids is 1. The Bertz CT molecular complexity index is 729. The van der Waals surface area contributed by atoms with Crippen LogP contribution in [0.15, 0.2) is 27.4 Å². The highest BCUT2D eigenvalue weighted by atomic mass is 16.4. The molecule has 0 saturated heterocycles. The van der Waals surface area contributed by atoms with Crippen molar-refractivity contribution >= 4 is 22.8 Å². The molecule has 6 nitrogen and oxygen atoms in total. The first-order valence-electron chi connectivity index (χ1n) is 5.02. The molecule has 18 heavy (non-hydrogen) atoms. The highest BCUT2D eigenvalue weighted by molar-refractivity contribution is 6.04. The van der Waals surface area contributed by atoms with E-state index in [0.717, 1.165) is 5.56 Å². The molecule has 1 amide bonds. The Morgan fingerprint density at radius 1 is 1.33 bits per heavy atom. The van der Waals surface area contributed by atoms with Crippen molar-refractivity contribution in [2.45, 2.75) is 6.92 Å². The summed E-state index contributed by atoms with van der Waals surface area (Å²) in [5, 5.41) is 9.07. The van der Waals surface area contributed by atoms with E-state index >= 15 is 0 Å². The Hall–Kier alpha value is -2.63. The van der Waals surface area contributed by atoms with Crippen LogP contribution in [-0.2, 0) is 0 Å². The van der Waals surface area contributed by atoms with Crippen LogP contribution in [0.2, 0.25) is 0 Å². The number of aryl methyl sites for hydroxylation is 1. The molecule has 0 radical (unpaired) electrons. The van der Waals surface area contributed by atoms with Crippen molar-refractivity contribution in [1.82, 2.24) is 0 Å². The molecule has 0 fully saturated rings. The number of rotatable bonds is 2. The summed E-state index contributed by atoms with van der Waals surface area (Å²) in [4.78, 5) is 34.1. The average molecular weight is 247 g/mol. The molecule has 0 aliphatic rings. The maximum atomic E-state index is 12.0. The number of amides is 1. The second-order valence-corrected chi connectivity index (χ2v) is 3.80. The van der Waals surface area contributed by atoms with E-state index in [-0.39, 0.29) is 11.0 Å². The molecule has 2 aromatic rings. The quantitative estimate of drug-likeness (QED) is 0.818. The van der Waals surface area contributed by atoms with Gasteiger partial charge in [0.15, 0.2) is 5.56 Å². The molecule has 0 unspecified atom stereocenters. The first-order valence-corrected chi connectivity index (χ1v) is 5.02. The number of carbonyl (C=O) groups is 2. The second kappa shape index (κ2) is 3.99. The fourth-order valence-electron chi connectivity index (χ4n) is 1.68. The first-order chi connectivity index (χ1) is 8.41. The van der Waals surface area contributed by atoms with Crippen LogP contribution in [0.3, 0.4) is 0 Å². The average Bonchev–Trinajstić information content (AvgIpc) is 2.28. The molecule has 1 heterocycles. The molecule has 3 N–H and O–H groups in total. The summed E-state index contributed by atoms with van der Waals surface area (Å²) in [6, 6.07) is 4.67. The second-order valence-electron chi connectivity index (χ2n) is 3.80. The molecule has 6 heteroatoms. The predicted octanol–water partition coefficient (Wildman–Crippen LogP) is 0.899. The number of nitrogens with two attached hydrogens (primary N) is 1. The van der Waals surface area contributed by atoms with Gasteiger partial charge in [-0.1, -0.05) is 11.6 Å². The lowest BCUT2D eigenvalue weighted by molar-refractivity contribution is 0.0686. The van der Waals surface area contributed by atoms with Crippen LogP contribution in [0.1, 0.15) is 26.5 Å². The molecule has 0 aliphatic heterocycles. The number of fused-ring (bicyclic) bond motifs is 1. The molecule has 0 bridgehead atoms. The monoisotopic (exact) mass is 247 g/mol. The van der Waals surface area contributed by atoms with Crippen LogP contribution < -0.4 is 11.2 Å². The Morgan fingerprint density at radius 2 is 2.00 bits per heavy atom. The topological polar surface area (TPSA) is 111 Å². The first kappa shape index (κ1) is 11.8. The van der Waals surface area contributed by atoms with Crippen LogP contribution in [0, 0.1) is 6.92 Å². The van der Waals surface area contributed by atoms with Gasteiger partial charge in [0, 0.05) is 0 Å². The van der Waals surface area contributed by atoms with E-state index in [1.165, 1.54) is 12.1 Å². The summed E-state index contributed by atoms with van der Waals surface area (Å²) in [5.41, 5.74) is 4.40. The minimum absolute atomic E-state index is 0.109. The van der Waals surface area contributed by atoms with E-state index in [1.54, 1.807) is 13.0 Å². The van der Waals surface area contributed by atoms with Gasteiger partial charge in [0.1, 0.15) is 5.58 Å². The number of primary amides is 1. The van der Waals surface area contributed by atoms with Gasteiger partial charge in [-0.2, -0.15) is 0 Å². The Labute approximate surface area is 101 Å². The van der Waals surface area contributed by atoms with Gasteiger partial charge in [0.25, 0.3) is 5.91 Å². The van der Waals surface area contributed by atoms with Gasteiger partial charge >= 0.3 is 5.97 Å². The summed E-state index contributed by atoms with van der Waals surface area (Å²) in [7, 11) is 0. The normalized spacial score (nSPS) is 10.5. The van der Waals surface area contributed by atoms with E-state index in [0.29, 0.717) is 0 Å². The van der Waals surface area contributed by atoms with E-state index in [1.807, 2.05) is 0 Å². The highest BCUT2D eigenvalue weighted by Gasteiger charge is 2.23. The van der Waals surface area contributed by atoms with Crippen LogP contribution in [-0.4, -0.2) is 17.0 Å². The van der Waals surface area contributed by atoms with E-state index < -0.39 is 28.6 Å². The molecule has 0 spiro atoms. The van der Waals surface area contributed by atoms with E-state index in [9.17, 15) is 14.4 Å². The lowest BCUT2D eigenvalue weighted by Gasteiger charge is -2.04. The van der Waals surface area contributed by atoms with Crippen molar-refractivity contribution < 1.29 is 19.1 Å². The lowest BCUT2D eigenvalue weighted by Crippen LogP contribution is -2.24. The van der Waals surface area contributed by atoms with Crippen molar-refractivity contribution in [2.24, 2.45) is 5.73 Å². The number of carboxylic acid groups (broad SMARTS) is 1. The molecular weight excluding hydrogens is 238 g/mol.